The second-order valence-corrected chi connectivity index (χ2v) is 11.1. The van der Waals surface area contributed by atoms with Gasteiger partial charge in [-0.2, -0.15) is 0 Å². The van der Waals surface area contributed by atoms with Gasteiger partial charge >= 0.3 is 11.9 Å². The van der Waals surface area contributed by atoms with E-state index in [1.165, 1.54) is 14.2 Å². The van der Waals surface area contributed by atoms with Gasteiger partial charge in [0.05, 0.1) is 54.6 Å². The molecule has 0 saturated heterocycles. The summed E-state index contributed by atoms with van der Waals surface area (Å²) < 4.78 is 16.6. The monoisotopic (exact) mass is 804 g/mol. The number of para-hydroxylation sites is 2. The molecule has 0 saturated carbocycles. The lowest BCUT2D eigenvalue weighted by atomic mass is 10.2. The SMILES string of the molecule is COC(=O)c1cccc2[nH]c(-c3c(I)cc[nH]c3=O)nc12.COC(=O)c1cccc2[nH]c(-c3c(I)ccnc3OC)nc12. The molecule has 2 aromatic carbocycles. The zero-order valence-electron chi connectivity index (χ0n) is 22.8. The summed E-state index contributed by atoms with van der Waals surface area (Å²) in [6, 6.07) is 14.1. The second kappa shape index (κ2) is 12.9. The van der Waals surface area contributed by atoms with E-state index in [1.807, 2.05) is 12.1 Å². The molecular weight excluding hydrogens is 782 g/mol. The summed E-state index contributed by atoms with van der Waals surface area (Å²) in [5, 5.41) is 0. The topological polar surface area (TPSA) is 165 Å². The maximum absolute atomic E-state index is 12.0. The zero-order valence-corrected chi connectivity index (χ0v) is 27.1. The predicted molar refractivity (Wildman–Crippen MR) is 176 cm³/mol. The number of aromatic amines is 3. The third kappa shape index (κ3) is 5.96. The highest BCUT2D eigenvalue weighted by atomic mass is 127. The van der Waals surface area contributed by atoms with Crippen molar-refractivity contribution in [2.24, 2.45) is 0 Å². The van der Waals surface area contributed by atoms with E-state index in [-0.39, 0.29) is 5.56 Å². The summed E-state index contributed by atoms with van der Waals surface area (Å²) in [4.78, 5) is 57.6. The van der Waals surface area contributed by atoms with Gasteiger partial charge in [-0.05, 0) is 81.6 Å². The van der Waals surface area contributed by atoms with Gasteiger partial charge in [-0.3, -0.25) is 4.79 Å². The number of carbonyl (C=O) groups excluding carboxylic acids is 2. The van der Waals surface area contributed by atoms with Gasteiger partial charge in [-0.1, -0.05) is 12.1 Å². The van der Waals surface area contributed by atoms with Crippen LogP contribution < -0.4 is 10.3 Å². The molecule has 6 aromatic rings. The van der Waals surface area contributed by atoms with Crippen molar-refractivity contribution in [3.63, 3.8) is 0 Å². The number of nitrogens with one attached hydrogen (secondary N) is 3. The lowest BCUT2D eigenvalue weighted by Gasteiger charge is -2.06. The van der Waals surface area contributed by atoms with Gasteiger partial charge < -0.3 is 29.2 Å². The van der Waals surface area contributed by atoms with Crippen molar-refractivity contribution in [3.8, 4) is 28.7 Å². The first-order chi connectivity index (χ1) is 20.8. The van der Waals surface area contributed by atoms with Crippen molar-refractivity contribution in [3.05, 3.63) is 89.5 Å². The van der Waals surface area contributed by atoms with Crippen molar-refractivity contribution >= 4 is 79.2 Å². The highest BCUT2D eigenvalue weighted by molar-refractivity contribution is 14.1. The molecule has 0 spiro atoms. The number of fused-ring (bicyclic) bond motifs is 2. The number of imidazole rings is 2. The number of aromatic nitrogens is 6. The van der Waals surface area contributed by atoms with Crippen LogP contribution in [0, 0.1) is 7.14 Å². The molecular formula is C29H22I2N6O6. The summed E-state index contributed by atoms with van der Waals surface area (Å²) in [7, 11) is 4.23. The molecule has 0 atom stereocenters. The summed E-state index contributed by atoms with van der Waals surface area (Å²) in [5.41, 5.74) is 4.22. The van der Waals surface area contributed by atoms with Crippen LogP contribution in [0.15, 0.2) is 65.7 Å². The lowest BCUT2D eigenvalue weighted by molar-refractivity contribution is 0.0594. The molecule has 6 rings (SSSR count). The normalized spacial score (nSPS) is 10.7. The first kappa shape index (κ1) is 30.1. The third-order valence-electron chi connectivity index (χ3n) is 6.28. The fourth-order valence-corrected chi connectivity index (χ4v) is 5.64. The Morgan fingerprint density at radius 2 is 1.28 bits per heavy atom. The Morgan fingerprint density at radius 3 is 1.79 bits per heavy atom. The number of hydrogen-bond donors (Lipinski definition) is 3. The molecule has 4 aromatic heterocycles. The van der Waals surface area contributed by atoms with Gasteiger partial charge in [0.1, 0.15) is 22.7 Å². The number of pyridine rings is 2. The Kier molecular flexibility index (Phi) is 9.05. The molecule has 43 heavy (non-hydrogen) atoms. The molecule has 0 amide bonds. The number of nitrogens with zero attached hydrogens (tertiary/aromatic N) is 3. The molecule has 0 unspecified atom stereocenters. The smallest absolute Gasteiger partial charge is 0.340 e. The van der Waals surface area contributed by atoms with Crippen molar-refractivity contribution < 1.29 is 23.8 Å². The van der Waals surface area contributed by atoms with E-state index in [2.05, 4.69) is 75.1 Å². The fraction of sp³-hybridized carbons (Fsp3) is 0.103. The lowest BCUT2D eigenvalue weighted by Crippen LogP contribution is -2.10. The van der Waals surface area contributed by atoms with Crippen LogP contribution in [0.1, 0.15) is 20.7 Å². The van der Waals surface area contributed by atoms with E-state index in [1.54, 1.807) is 55.9 Å². The van der Waals surface area contributed by atoms with E-state index in [9.17, 15) is 14.4 Å². The van der Waals surface area contributed by atoms with Crippen LogP contribution in [0.2, 0.25) is 0 Å². The quantitative estimate of drug-likeness (QED) is 0.154. The van der Waals surface area contributed by atoms with Gasteiger partial charge in [-0.15, -0.1) is 0 Å². The molecule has 0 radical (unpaired) electrons. The van der Waals surface area contributed by atoms with E-state index >= 15 is 0 Å². The van der Waals surface area contributed by atoms with Crippen LogP contribution in [0.3, 0.4) is 0 Å². The zero-order chi connectivity index (χ0) is 30.7. The molecule has 12 nitrogen and oxygen atoms in total. The van der Waals surface area contributed by atoms with Gasteiger partial charge in [-0.25, -0.2) is 24.5 Å². The number of methoxy groups -OCH3 is 3. The van der Waals surface area contributed by atoms with E-state index < -0.39 is 11.9 Å². The molecule has 0 aliphatic heterocycles. The average Bonchev–Trinajstić information content (AvgIpc) is 3.64. The van der Waals surface area contributed by atoms with Crippen LogP contribution in [-0.4, -0.2) is 63.2 Å². The van der Waals surface area contributed by atoms with Gasteiger partial charge in [0, 0.05) is 19.5 Å². The van der Waals surface area contributed by atoms with Crippen molar-refractivity contribution in [1.82, 2.24) is 29.9 Å². The molecule has 0 aliphatic rings. The average molecular weight is 804 g/mol. The van der Waals surface area contributed by atoms with Gasteiger partial charge in [0.15, 0.2) is 0 Å². The van der Waals surface area contributed by atoms with Crippen molar-refractivity contribution in [2.45, 2.75) is 0 Å². The Bertz CT molecular complexity index is 2050. The Hall–Kier alpha value is -4.32. The molecule has 4 heterocycles. The maximum atomic E-state index is 12.0. The van der Waals surface area contributed by atoms with E-state index in [0.717, 1.165) is 18.2 Å². The van der Waals surface area contributed by atoms with Crippen LogP contribution in [0.25, 0.3) is 44.8 Å². The van der Waals surface area contributed by atoms with E-state index in [0.29, 0.717) is 50.8 Å². The number of ether oxygens (including phenoxy) is 3. The van der Waals surface area contributed by atoms with Crippen LogP contribution in [0.4, 0.5) is 0 Å². The molecule has 14 heteroatoms. The number of halogens is 2. The number of H-pyrrole nitrogens is 3. The number of carbonyl (C=O) groups is 2. The van der Waals surface area contributed by atoms with Crippen LogP contribution in [-0.2, 0) is 9.47 Å². The minimum atomic E-state index is -0.463. The molecule has 3 N–H and O–H groups in total. The summed E-state index contributed by atoms with van der Waals surface area (Å²) in [6.45, 7) is 0. The molecule has 0 bridgehead atoms. The first-order valence-corrected chi connectivity index (χ1v) is 14.6. The number of esters is 2. The molecule has 218 valence electrons. The second-order valence-electron chi connectivity index (χ2n) is 8.76. The molecule has 0 aliphatic carbocycles. The minimum absolute atomic E-state index is 0.236. The fourth-order valence-electron chi connectivity index (χ4n) is 4.32. The predicted octanol–water partition coefficient (Wildman–Crippen LogP) is 5.33. The maximum Gasteiger partial charge on any atom is 0.340 e. The Labute approximate surface area is 270 Å². The summed E-state index contributed by atoms with van der Waals surface area (Å²) in [5.74, 6) is 0.616. The highest BCUT2D eigenvalue weighted by Gasteiger charge is 2.19. The van der Waals surface area contributed by atoms with Crippen LogP contribution in [0.5, 0.6) is 5.88 Å². The number of rotatable bonds is 5. The Morgan fingerprint density at radius 1 is 0.744 bits per heavy atom. The summed E-state index contributed by atoms with van der Waals surface area (Å²) in [6.07, 6.45) is 3.25. The highest BCUT2D eigenvalue weighted by Crippen LogP contribution is 2.32. The number of hydrogen-bond acceptors (Lipinski definition) is 9. The van der Waals surface area contributed by atoms with Gasteiger partial charge in [0.2, 0.25) is 5.88 Å². The number of benzene rings is 2. The van der Waals surface area contributed by atoms with Crippen LogP contribution >= 0.6 is 45.2 Å². The van der Waals surface area contributed by atoms with E-state index in [4.69, 9.17) is 14.2 Å². The minimum Gasteiger partial charge on any atom is -0.480 e. The van der Waals surface area contributed by atoms with Crippen molar-refractivity contribution in [2.75, 3.05) is 21.3 Å². The molecule has 0 fully saturated rings. The van der Waals surface area contributed by atoms with Crippen molar-refractivity contribution in [1.29, 1.82) is 0 Å². The Balaban J connectivity index is 0.000000171. The summed E-state index contributed by atoms with van der Waals surface area (Å²) >= 11 is 4.27. The largest absolute Gasteiger partial charge is 0.480 e. The third-order valence-corrected chi connectivity index (χ3v) is 8.08. The van der Waals surface area contributed by atoms with Gasteiger partial charge in [0.25, 0.3) is 5.56 Å². The first-order valence-electron chi connectivity index (χ1n) is 12.5. The standard InChI is InChI=1S/C15H12IN3O3.C14H10IN3O3/c1-21-14-11(9(16)6-7-17-14)13-18-10-5-3-4-8(12(10)19-13)15(20)22-2;1-21-14(20)7-3-2-4-9-11(7)18-12(17-9)10-8(15)5-6-16-13(10)19/h3-7H,1-2H3,(H,18,19);2-6H,1H3,(H,16,19)(H,17,18).